The normalized spacial score (nSPS) is 25.8. The molecule has 3 amide bonds. The van der Waals surface area contributed by atoms with Crippen molar-refractivity contribution >= 4 is 34.1 Å². The fourth-order valence-electron chi connectivity index (χ4n) is 4.28. The molecule has 128 valence electrons. The molecule has 0 saturated carbocycles. The lowest BCUT2D eigenvalue weighted by molar-refractivity contribution is -0.120. The lowest BCUT2D eigenvalue weighted by Crippen LogP contribution is -2.49. The molecule has 3 fully saturated rings. The van der Waals surface area contributed by atoms with Crippen molar-refractivity contribution in [2.24, 2.45) is 0 Å². The van der Waals surface area contributed by atoms with Gasteiger partial charge in [-0.05, 0) is 12.5 Å². The minimum absolute atomic E-state index is 0.226. The fraction of sp³-hybridized carbons (Fsp3) is 0.389. The Kier molecular flexibility index (Phi) is 3.18. The number of nitrogens with zero attached hydrogens (tertiary/aromatic N) is 3. The van der Waals surface area contributed by atoms with Crippen molar-refractivity contribution in [3.63, 3.8) is 0 Å². The first-order chi connectivity index (χ1) is 12.2. The van der Waals surface area contributed by atoms with Crippen LogP contribution in [0.3, 0.4) is 0 Å². The van der Waals surface area contributed by atoms with Crippen molar-refractivity contribution in [1.29, 1.82) is 0 Å². The number of carbonyl (C=O) groups excluding carboxylic acids is 2. The van der Waals surface area contributed by atoms with E-state index in [9.17, 15) is 9.59 Å². The van der Waals surface area contributed by atoms with E-state index in [-0.39, 0.29) is 11.9 Å². The lowest BCUT2D eigenvalue weighted by Gasteiger charge is -2.31. The molecular weight excluding hydrogens is 318 g/mol. The molecule has 1 aromatic heterocycles. The van der Waals surface area contributed by atoms with Gasteiger partial charge >= 0.3 is 6.03 Å². The van der Waals surface area contributed by atoms with Crippen LogP contribution in [0.2, 0.25) is 0 Å². The summed E-state index contributed by atoms with van der Waals surface area (Å²) >= 11 is 0. The largest absolute Gasteiger partial charge is 0.365 e. The van der Waals surface area contributed by atoms with Gasteiger partial charge in [-0.2, -0.15) is 0 Å². The second kappa shape index (κ2) is 5.42. The third kappa shape index (κ3) is 2.26. The molecular formula is C18H19N5O2. The first-order valence-corrected chi connectivity index (χ1v) is 8.69. The van der Waals surface area contributed by atoms with Crippen LogP contribution in [0.1, 0.15) is 12.8 Å². The molecule has 4 heterocycles. The van der Waals surface area contributed by atoms with Gasteiger partial charge in [-0.25, -0.2) is 4.79 Å². The molecule has 7 heteroatoms. The minimum atomic E-state index is -0.375. The highest BCUT2D eigenvalue weighted by Gasteiger charge is 2.38. The molecule has 3 aliphatic heterocycles. The Balaban J connectivity index is 1.59. The average molecular weight is 337 g/mol. The van der Waals surface area contributed by atoms with E-state index in [1.807, 2.05) is 18.3 Å². The topological polar surface area (TPSA) is 77.6 Å². The van der Waals surface area contributed by atoms with E-state index in [4.69, 9.17) is 0 Å². The first kappa shape index (κ1) is 14.7. The van der Waals surface area contributed by atoms with Gasteiger partial charge < -0.3 is 10.2 Å². The smallest absolute Gasteiger partial charge is 0.328 e. The van der Waals surface area contributed by atoms with Crippen LogP contribution in [-0.4, -0.2) is 48.6 Å². The van der Waals surface area contributed by atoms with Crippen molar-refractivity contribution in [3.05, 3.63) is 30.6 Å². The Bertz CT molecular complexity index is 883. The lowest BCUT2D eigenvalue weighted by atomic mass is 10.1. The molecule has 0 aliphatic carbocycles. The summed E-state index contributed by atoms with van der Waals surface area (Å²) in [6.45, 7) is 2.41. The summed E-state index contributed by atoms with van der Waals surface area (Å²) in [6, 6.07) is 6.90. The predicted molar refractivity (Wildman–Crippen MR) is 94.8 cm³/mol. The van der Waals surface area contributed by atoms with Gasteiger partial charge in [0.25, 0.3) is 0 Å². The number of anilines is 2. The van der Waals surface area contributed by atoms with Gasteiger partial charge in [0.1, 0.15) is 0 Å². The summed E-state index contributed by atoms with van der Waals surface area (Å²) in [5, 5.41) is 7.96. The molecule has 25 heavy (non-hydrogen) atoms. The van der Waals surface area contributed by atoms with E-state index >= 15 is 0 Å². The van der Waals surface area contributed by atoms with Crippen molar-refractivity contribution in [2.45, 2.75) is 24.9 Å². The Morgan fingerprint density at radius 2 is 2.04 bits per heavy atom. The second-order valence-electron chi connectivity index (χ2n) is 6.93. The standard InChI is InChI=1S/C18H19N5O2/c24-17-4-5-22(18(25)21-17)16-9-19-8-14-13(16)2-1-3-15(14)23-10-11-6-12(23)7-20-11/h1-3,8-9,11-12,20H,4-7,10H2,(H,21,24,25)/t11-,12-/m1/s1. The molecule has 7 nitrogen and oxygen atoms in total. The number of fused-ring (bicyclic) bond motifs is 3. The maximum absolute atomic E-state index is 12.2. The first-order valence-electron chi connectivity index (χ1n) is 8.69. The highest BCUT2D eigenvalue weighted by molar-refractivity contribution is 6.11. The molecule has 3 saturated heterocycles. The molecule has 2 N–H and O–H groups in total. The molecule has 0 radical (unpaired) electrons. The van der Waals surface area contributed by atoms with E-state index in [1.54, 1.807) is 11.1 Å². The molecule has 5 rings (SSSR count). The molecule has 0 unspecified atom stereocenters. The van der Waals surface area contributed by atoms with Crippen LogP contribution in [0.25, 0.3) is 10.8 Å². The summed E-state index contributed by atoms with van der Waals surface area (Å²) < 4.78 is 0. The third-order valence-corrected chi connectivity index (χ3v) is 5.47. The van der Waals surface area contributed by atoms with Gasteiger partial charge in [-0.15, -0.1) is 0 Å². The van der Waals surface area contributed by atoms with Crippen LogP contribution in [0.15, 0.2) is 30.6 Å². The van der Waals surface area contributed by atoms with E-state index in [0.717, 1.165) is 29.5 Å². The van der Waals surface area contributed by atoms with Crippen LogP contribution >= 0.6 is 0 Å². The van der Waals surface area contributed by atoms with Crippen LogP contribution in [0.5, 0.6) is 0 Å². The van der Waals surface area contributed by atoms with Gasteiger partial charge in [-0.1, -0.05) is 12.1 Å². The Morgan fingerprint density at radius 3 is 2.80 bits per heavy atom. The molecule has 3 aliphatic rings. The highest BCUT2D eigenvalue weighted by atomic mass is 16.2. The molecule has 2 aromatic rings. The summed E-state index contributed by atoms with van der Waals surface area (Å²) in [5.41, 5.74) is 1.93. The van der Waals surface area contributed by atoms with Crippen LogP contribution in [0.4, 0.5) is 16.2 Å². The summed E-state index contributed by atoms with van der Waals surface area (Å²) in [5.74, 6) is -0.226. The number of carbonyl (C=O) groups is 2. The number of aromatic nitrogens is 1. The van der Waals surface area contributed by atoms with Gasteiger partial charge in [0, 0.05) is 60.8 Å². The zero-order valence-electron chi connectivity index (χ0n) is 13.7. The Labute approximate surface area is 145 Å². The highest BCUT2D eigenvalue weighted by Crippen LogP contribution is 2.37. The molecule has 2 atom stereocenters. The zero-order valence-corrected chi connectivity index (χ0v) is 13.7. The van der Waals surface area contributed by atoms with Gasteiger partial charge in [0.05, 0.1) is 11.9 Å². The van der Waals surface area contributed by atoms with Crippen LogP contribution in [0, 0.1) is 0 Å². The second-order valence-corrected chi connectivity index (χ2v) is 6.93. The van der Waals surface area contributed by atoms with Crippen LogP contribution in [-0.2, 0) is 4.79 Å². The monoisotopic (exact) mass is 337 g/mol. The van der Waals surface area contributed by atoms with E-state index in [1.165, 1.54) is 12.1 Å². The van der Waals surface area contributed by atoms with E-state index in [2.05, 4.69) is 26.6 Å². The van der Waals surface area contributed by atoms with Crippen LogP contribution < -0.4 is 20.4 Å². The molecule has 2 bridgehead atoms. The molecule has 0 spiro atoms. The Hall–Kier alpha value is -2.67. The summed E-state index contributed by atoms with van der Waals surface area (Å²) in [7, 11) is 0. The number of imide groups is 1. The van der Waals surface area contributed by atoms with Gasteiger partial charge in [0.15, 0.2) is 0 Å². The number of urea groups is 1. The van der Waals surface area contributed by atoms with Crippen molar-refractivity contribution in [1.82, 2.24) is 15.6 Å². The number of piperazine rings is 1. The minimum Gasteiger partial charge on any atom is -0.365 e. The number of benzene rings is 1. The number of amides is 3. The summed E-state index contributed by atoms with van der Waals surface area (Å²) in [4.78, 5) is 32.1. The zero-order chi connectivity index (χ0) is 17.0. The van der Waals surface area contributed by atoms with Gasteiger partial charge in [-0.3, -0.25) is 20.0 Å². The number of hydrogen-bond donors (Lipinski definition) is 2. The Morgan fingerprint density at radius 1 is 1.12 bits per heavy atom. The average Bonchev–Trinajstić information content (AvgIpc) is 3.24. The van der Waals surface area contributed by atoms with E-state index in [0.29, 0.717) is 25.0 Å². The van der Waals surface area contributed by atoms with E-state index < -0.39 is 0 Å². The van der Waals surface area contributed by atoms with Crippen molar-refractivity contribution < 1.29 is 9.59 Å². The molecule has 1 aromatic carbocycles. The third-order valence-electron chi connectivity index (χ3n) is 5.47. The quantitative estimate of drug-likeness (QED) is 0.862. The number of hydrogen-bond acceptors (Lipinski definition) is 5. The number of pyridine rings is 1. The maximum Gasteiger partial charge on any atom is 0.328 e. The summed E-state index contributed by atoms with van der Waals surface area (Å²) in [6.07, 6.45) is 5.07. The number of rotatable bonds is 2. The van der Waals surface area contributed by atoms with Crippen molar-refractivity contribution in [3.8, 4) is 0 Å². The predicted octanol–water partition coefficient (Wildman–Crippen LogP) is 1.23. The van der Waals surface area contributed by atoms with Crippen molar-refractivity contribution in [2.75, 3.05) is 29.4 Å². The van der Waals surface area contributed by atoms with Gasteiger partial charge in [0.2, 0.25) is 5.91 Å². The SMILES string of the molecule is O=C1CCN(c2cncc3c(N4C[C@H]5C[C@@H]4CN5)cccc23)C(=O)N1. The fourth-order valence-corrected chi connectivity index (χ4v) is 4.28. The number of nitrogens with one attached hydrogen (secondary N) is 2. The maximum atomic E-state index is 12.2.